The van der Waals surface area contributed by atoms with Gasteiger partial charge in [-0.2, -0.15) is 0 Å². The average molecular weight is 200 g/mol. The fourth-order valence-corrected chi connectivity index (χ4v) is 2.77. The van der Waals surface area contributed by atoms with E-state index in [1.54, 1.807) is 7.11 Å². The molecule has 2 nitrogen and oxygen atoms in total. The van der Waals surface area contributed by atoms with Gasteiger partial charge in [-0.15, -0.1) is 0 Å². The van der Waals surface area contributed by atoms with Crippen molar-refractivity contribution < 1.29 is 9.47 Å². The second-order valence-electron chi connectivity index (χ2n) is 4.35. The van der Waals surface area contributed by atoms with E-state index in [2.05, 4.69) is 6.92 Å². The lowest BCUT2D eigenvalue weighted by atomic mass is 9.85. The highest BCUT2D eigenvalue weighted by molar-refractivity contribution is 4.80. The molecule has 0 aromatic rings. The summed E-state index contributed by atoms with van der Waals surface area (Å²) in [7, 11) is 3.62. The summed E-state index contributed by atoms with van der Waals surface area (Å²) in [6, 6.07) is 0. The molecule has 0 aromatic carbocycles. The zero-order valence-electron chi connectivity index (χ0n) is 9.79. The molecule has 14 heavy (non-hydrogen) atoms. The van der Waals surface area contributed by atoms with Crippen molar-refractivity contribution in [2.45, 2.75) is 45.1 Å². The normalized spacial score (nSPS) is 22.5. The Balaban J connectivity index is 2.51. The average Bonchev–Trinajstić information content (AvgIpc) is 2.71. The Kier molecular flexibility index (Phi) is 5.49. The summed E-state index contributed by atoms with van der Waals surface area (Å²) in [5.41, 5.74) is 0. The van der Waals surface area contributed by atoms with Crippen LogP contribution in [0.3, 0.4) is 0 Å². The van der Waals surface area contributed by atoms with Gasteiger partial charge in [-0.25, -0.2) is 0 Å². The summed E-state index contributed by atoms with van der Waals surface area (Å²) in [6.45, 7) is 3.06. The minimum Gasteiger partial charge on any atom is -0.384 e. The van der Waals surface area contributed by atoms with Crippen molar-refractivity contribution in [3.63, 3.8) is 0 Å². The van der Waals surface area contributed by atoms with E-state index in [1.807, 2.05) is 7.11 Å². The van der Waals surface area contributed by atoms with Gasteiger partial charge in [0.25, 0.3) is 0 Å². The van der Waals surface area contributed by atoms with E-state index in [-0.39, 0.29) is 0 Å². The Morgan fingerprint density at radius 1 is 1.21 bits per heavy atom. The summed E-state index contributed by atoms with van der Waals surface area (Å²) in [4.78, 5) is 0. The molecule has 2 heteroatoms. The van der Waals surface area contributed by atoms with Crippen LogP contribution in [0.1, 0.15) is 39.0 Å². The first-order valence-electron chi connectivity index (χ1n) is 5.85. The van der Waals surface area contributed by atoms with Gasteiger partial charge in [0.2, 0.25) is 0 Å². The van der Waals surface area contributed by atoms with E-state index in [1.165, 1.54) is 25.7 Å². The number of hydrogen-bond donors (Lipinski definition) is 0. The second kappa shape index (κ2) is 6.41. The number of hydrogen-bond acceptors (Lipinski definition) is 2. The lowest BCUT2D eigenvalue weighted by Gasteiger charge is -2.29. The zero-order valence-corrected chi connectivity index (χ0v) is 9.79. The molecule has 1 aliphatic carbocycles. The van der Waals surface area contributed by atoms with E-state index in [4.69, 9.17) is 9.47 Å². The minimum atomic E-state index is 0.387. The van der Waals surface area contributed by atoms with Crippen LogP contribution in [-0.2, 0) is 9.47 Å². The first-order valence-corrected chi connectivity index (χ1v) is 5.85. The maximum atomic E-state index is 5.55. The van der Waals surface area contributed by atoms with Crippen LogP contribution in [0.15, 0.2) is 0 Å². The van der Waals surface area contributed by atoms with Gasteiger partial charge in [-0.05, 0) is 12.3 Å². The molecule has 2 atom stereocenters. The third-order valence-corrected chi connectivity index (χ3v) is 3.55. The summed E-state index contributed by atoms with van der Waals surface area (Å²) in [5, 5.41) is 0. The van der Waals surface area contributed by atoms with Gasteiger partial charge in [0.15, 0.2) is 0 Å². The molecule has 1 fully saturated rings. The fraction of sp³-hybridized carbons (Fsp3) is 1.00. The molecule has 0 radical (unpaired) electrons. The Hall–Kier alpha value is -0.0800. The lowest BCUT2D eigenvalue weighted by molar-refractivity contribution is -0.0124. The van der Waals surface area contributed by atoms with Crippen molar-refractivity contribution in [1.29, 1.82) is 0 Å². The molecule has 1 saturated carbocycles. The molecule has 0 bridgehead atoms. The van der Waals surface area contributed by atoms with E-state index in [0.29, 0.717) is 12.0 Å². The molecule has 0 aliphatic heterocycles. The van der Waals surface area contributed by atoms with Crippen molar-refractivity contribution in [2.75, 3.05) is 20.8 Å². The maximum absolute atomic E-state index is 5.55. The van der Waals surface area contributed by atoms with Crippen LogP contribution in [0.5, 0.6) is 0 Å². The topological polar surface area (TPSA) is 18.5 Å². The first-order chi connectivity index (χ1) is 6.83. The van der Waals surface area contributed by atoms with Gasteiger partial charge in [-0.3, -0.25) is 0 Å². The van der Waals surface area contributed by atoms with Gasteiger partial charge < -0.3 is 9.47 Å². The summed E-state index contributed by atoms with van der Waals surface area (Å²) < 4.78 is 10.9. The summed E-state index contributed by atoms with van der Waals surface area (Å²) >= 11 is 0. The van der Waals surface area contributed by atoms with E-state index >= 15 is 0 Å². The van der Waals surface area contributed by atoms with Crippen molar-refractivity contribution in [1.82, 2.24) is 0 Å². The molecular formula is C12H24O2. The molecule has 1 rings (SSSR count). The molecule has 0 aromatic heterocycles. The predicted molar refractivity (Wildman–Crippen MR) is 58.4 cm³/mol. The van der Waals surface area contributed by atoms with Crippen LogP contribution in [0.2, 0.25) is 0 Å². The maximum Gasteiger partial charge on any atom is 0.0621 e. The van der Waals surface area contributed by atoms with E-state index in [9.17, 15) is 0 Å². The number of ether oxygens (including phenoxy) is 2. The third kappa shape index (κ3) is 2.96. The summed E-state index contributed by atoms with van der Waals surface area (Å²) in [5.74, 6) is 1.44. The van der Waals surface area contributed by atoms with Crippen molar-refractivity contribution in [2.24, 2.45) is 11.8 Å². The lowest BCUT2D eigenvalue weighted by Crippen LogP contribution is -2.31. The van der Waals surface area contributed by atoms with Crippen molar-refractivity contribution in [3.8, 4) is 0 Å². The molecule has 0 heterocycles. The summed E-state index contributed by atoms with van der Waals surface area (Å²) in [6.07, 6.45) is 7.01. The third-order valence-electron chi connectivity index (χ3n) is 3.55. The molecule has 0 N–H and O–H groups in total. The predicted octanol–water partition coefficient (Wildman–Crippen LogP) is 2.86. The minimum absolute atomic E-state index is 0.387. The molecule has 1 aliphatic rings. The van der Waals surface area contributed by atoms with Crippen molar-refractivity contribution >= 4 is 0 Å². The van der Waals surface area contributed by atoms with Crippen LogP contribution >= 0.6 is 0 Å². The van der Waals surface area contributed by atoms with Crippen LogP contribution in [-0.4, -0.2) is 26.9 Å². The van der Waals surface area contributed by atoms with Crippen LogP contribution in [0.25, 0.3) is 0 Å². The van der Waals surface area contributed by atoms with Crippen molar-refractivity contribution in [3.05, 3.63) is 0 Å². The Morgan fingerprint density at radius 3 is 2.29 bits per heavy atom. The van der Waals surface area contributed by atoms with Crippen LogP contribution in [0, 0.1) is 11.8 Å². The highest BCUT2D eigenvalue weighted by Crippen LogP contribution is 2.34. The van der Waals surface area contributed by atoms with Gasteiger partial charge in [0.1, 0.15) is 0 Å². The van der Waals surface area contributed by atoms with Gasteiger partial charge in [0, 0.05) is 20.1 Å². The highest BCUT2D eigenvalue weighted by atomic mass is 16.5. The van der Waals surface area contributed by atoms with E-state index < -0.39 is 0 Å². The van der Waals surface area contributed by atoms with Crippen LogP contribution < -0.4 is 0 Å². The largest absolute Gasteiger partial charge is 0.384 e. The first kappa shape index (κ1) is 12.0. The standard InChI is InChI=1S/C12H24O2/c1-4-12(14-3)11(9-13-2)10-7-5-6-8-10/h10-12H,4-9H2,1-3H3. The smallest absolute Gasteiger partial charge is 0.0621 e. The molecule has 0 saturated heterocycles. The number of rotatable bonds is 6. The quantitative estimate of drug-likeness (QED) is 0.656. The van der Waals surface area contributed by atoms with Gasteiger partial charge in [-0.1, -0.05) is 32.6 Å². The fourth-order valence-electron chi connectivity index (χ4n) is 2.77. The van der Waals surface area contributed by atoms with Gasteiger partial charge >= 0.3 is 0 Å². The van der Waals surface area contributed by atoms with Crippen LogP contribution in [0.4, 0.5) is 0 Å². The molecule has 84 valence electrons. The second-order valence-corrected chi connectivity index (χ2v) is 4.35. The molecule has 2 unspecified atom stereocenters. The monoisotopic (exact) mass is 200 g/mol. The van der Waals surface area contributed by atoms with E-state index in [0.717, 1.165) is 18.9 Å². The SMILES string of the molecule is CCC(OC)C(COC)C1CCCC1. The highest BCUT2D eigenvalue weighted by Gasteiger charge is 2.30. The Labute approximate surface area is 88.0 Å². The Morgan fingerprint density at radius 2 is 1.86 bits per heavy atom. The zero-order chi connectivity index (χ0) is 10.4. The number of methoxy groups -OCH3 is 2. The van der Waals surface area contributed by atoms with Gasteiger partial charge in [0.05, 0.1) is 12.7 Å². The molecule has 0 amide bonds. The molecular weight excluding hydrogens is 176 g/mol. The Bertz CT molecular complexity index is 135. The molecule has 0 spiro atoms.